The highest BCUT2D eigenvalue weighted by Gasteiger charge is 2.14. The first kappa shape index (κ1) is 21.2. The van der Waals surface area contributed by atoms with Gasteiger partial charge in [0.1, 0.15) is 5.56 Å². The van der Waals surface area contributed by atoms with E-state index in [4.69, 9.17) is 0 Å². The van der Waals surface area contributed by atoms with Crippen molar-refractivity contribution in [2.45, 2.75) is 19.5 Å². The minimum Gasteiger partial charge on any atom is -0.355 e. The van der Waals surface area contributed by atoms with Gasteiger partial charge in [0.15, 0.2) is 0 Å². The fourth-order valence-corrected chi connectivity index (χ4v) is 3.58. The Morgan fingerprint density at radius 3 is 2.62 bits per heavy atom. The summed E-state index contributed by atoms with van der Waals surface area (Å²) in [5, 5.41) is 9.38. The number of nitrogens with one attached hydrogen (secondary N) is 3. The first-order chi connectivity index (χ1) is 14.2. The highest BCUT2D eigenvalue weighted by atomic mass is 16.2. The third kappa shape index (κ3) is 6.25. The van der Waals surface area contributed by atoms with Gasteiger partial charge in [-0.3, -0.25) is 9.59 Å². The number of amides is 1. The fourth-order valence-electron chi connectivity index (χ4n) is 3.58. The van der Waals surface area contributed by atoms with Crippen LogP contribution in [0.15, 0.2) is 47.4 Å². The average molecular weight is 398 g/mol. The quantitative estimate of drug-likeness (QED) is 0.542. The molecular weight excluding hydrogens is 366 g/mol. The molecule has 1 aromatic heterocycles. The Kier molecular flexibility index (Phi) is 7.98. The van der Waals surface area contributed by atoms with Crippen LogP contribution in [0, 0.1) is 0 Å². The molecule has 1 aliphatic rings. The van der Waals surface area contributed by atoms with E-state index in [1.807, 2.05) is 36.5 Å². The van der Waals surface area contributed by atoms with Gasteiger partial charge in [0.25, 0.3) is 11.5 Å². The molecule has 0 saturated carbocycles. The van der Waals surface area contributed by atoms with Crippen LogP contribution in [0.4, 0.5) is 0 Å². The maximum Gasteiger partial charge on any atom is 0.263 e. The van der Waals surface area contributed by atoms with E-state index in [1.165, 1.54) is 0 Å². The summed E-state index contributed by atoms with van der Waals surface area (Å²) in [6, 6.07) is 11.5. The zero-order valence-electron chi connectivity index (χ0n) is 17.1. The summed E-state index contributed by atoms with van der Waals surface area (Å²) in [7, 11) is 1.55. The summed E-state index contributed by atoms with van der Waals surface area (Å²) in [4.78, 5) is 27.4. The molecule has 0 aliphatic carbocycles. The predicted molar refractivity (Wildman–Crippen MR) is 115 cm³/mol. The molecule has 7 heteroatoms. The van der Waals surface area contributed by atoms with Crippen LogP contribution in [0.1, 0.15) is 27.9 Å². The van der Waals surface area contributed by atoms with Crippen LogP contribution in [-0.4, -0.2) is 61.7 Å². The number of benzene rings is 1. The molecule has 3 N–H and O–H groups in total. The highest BCUT2D eigenvalue weighted by Crippen LogP contribution is 2.06. The zero-order valence-corrected chi connectivity index (χ0v) is 17.1. The van der Waals surface area contributed by atoms with Crippen molar-refractivity contribution < 1.29 is 4.79 Å². The standard InChI is InChI=1S/C22H31N5O2/c1-23-21(28)20-14-19(15-25-8-5-11-26-12-9-24-10-13-26)17-27(22(20)29)16-18-6-3-2-4-7-18/h2-4,6-7,14,17,24-25H,5,8-13,15-16H2,1H3,(H,23,28). The molecule has 1 fully saturated rings. The van der Waals surface area contributed by atoms with Crippen molar-refractivity contribution in [1.82, 2.24) is 25.4 Å². The second kappa shape index (κ2) is 10.9. The predicted octanol–water partition coefficient (Wildman–Crippen LogP) is 0.641. The zero-order chi connectivity index (χ0) is 20.5. The van der Waals surface area contributed by atoms with Crippen LogP contribution in [0.5, 0.6) is 0 Å². The molecule has 1 aliphatic heterocycles. The van der Waals surface area contributed by atoms with E-state index in [9.17, 15) is 9.59 Å². The van der Waals surface area contributed by atoms with Gasteiger partial charge in [-0.25, -0.2) is 0 Å². The molecule has 156 valence electrons. The third-order valence-corrected chi connectivity index (χ3v) is 5.18. The van der Waals surface area contributed by atoms with Gasteiger partial charge in [0.2, 0.25) is 0 Å². The topological polar surface area (TPSA) is 78.4 Å². The van der Waals surface area contributed by atoms with Crippen LogP contribution in [0.2, 0.25) is 0 Å². The van der Waals surface area contributed by atoms with Crippen molar-refractivity contribution in [2.75, 3.05) is 46.3 Å². The molecule has 0 bridgehead atoms. The lowest BCUT2D eigenvalue weighted by molar-refractivity contribution is 0.0961. The lowest BCUT2D eigenvalue weighted by Crippen LogP contribution is -2.44. The number of aromatic nitrogens is 1. The van der Waals surface area contributed by atoms with E-state index in [1.54, 1.807) is 17.7 Å². The first-order valence-corrected chi connectivity index (χ1v) is 10.3. The molecule has 0 radical (unpaired) electrons. The van der Waals surface area contributed by atoms with Crippen molar-refractivity contribution in [3.05, 3.63) is 69.6 Å². The Bertz CT molecular complexity index is 844. The number of carbonyl (C=O) groups excluding carboxylic acids is 1. The second-order valence-corrected chi connectivity index (χ2v) is 7.38. The molecule has 1 aromatic carbocycles. The van der Waals surface area contributed by atoms with Crippen LogP contribution in [0.25, 0.3) is 0 Å². The minimum atomic E-state index is -0.350. The Balaban J connectivity index is 1.63. The number of hydrogen-bond donors (Lipinski definition) is 3. The largest absolute Gasteiger partial charge is 0.355 e. The maximum atomic E-state index is 12.7. The van der Waals surface area contributed by atoms with E-state index in [-0.39, 0.29) is 17.0 Å². The summed E-state index contributed by atoms with van der Waals surface area (Å²) in [6.07, 6.45) is 2.93. The number of nitrogens with zero attached hydrogens (tertiary/aromatic N) is 2. The summed E-state index contributed by atoms with van der Waals surface area (Å²) >= 11 is 0. The molecular formula is C22H31N5O2. The van der Waals surface area contributed by atoms with E-state index < -0.39 is 0 Å². The van der Waals surface area contributed by atoms with Crippen LogP contribution < -0.4 is 21.5 Å². The monoisotopic (exact) mass is 397 g/mol. The lowest BCUT2D eigenvalue weighted by Gasteiger charge is -2.27. The molecule has 1 amide bonds. The summed E-state index contributed by atoms with van der Waals surface area (Å²) in [5.74, 6) is -0.350. The van der Waals surface area contributed by atoms with E-state index in [2.05, 4.69) is 20.9 Å². The number of carbonyl (C=O) groups is 1. The molecule has 0 spiro atoms. The number of hydrogen-bond acceptors (Lipinski definition) is 5. The molecule has 29 heavy (non-hydrogen) atoms. The molecule has 0 atom stereocenters. The Labute approximate surface area is 172 Å². The Hall–Kier alpha value is -2.48. The highest BCUT2D eigenvalue weighted by molar-refractivity contribution is 5.93. The molecule has 0 unspecified atom stereocenters. The smallest absolute Gasteiger partial charge is 0.263 e. The molecule has 2 heterocycles. The normalized spacial score (nSPS) is 14.7. The van der Waals surface area contributed by atoms with Crippen molar-refractivity contribution in [3.63, 3.8) is 0 Å². The lowest BCUT2D eigenvalue weighted by atomic mass is 10.1. The van der Waals surface area contributed by atoms with E-state index in [0.717, 1.165) is 56.8 Å². The first-order valence-electron chi connectivity index (χ1n) is 10.3. The van der Waals surface area contributed by atoms with Gasteiger partial charge in [-0.15, -0.1) is 0 Å². The molecule has 2 aromatic rings. The SMILES string of the molecule is CNC(=O)c1cc(CNCCCN2CCNCC2)cn(Cc2ccccc2)c1=O. The Morgan fingerprint density at radius 1 is 1.14 bits per heavy atom. The van der Waals surface area contributed by atoms with Gasteiger partial charge in [-0.05, 0) is 36.7 Å². The van der Waals surface area contributed by atoms with Gasteiger partial charge in [-0.1, -0.05) is 30.3 Å². The van der Waals surface area contributed by atoms with Gasteiger partial charge < -0.3 is 25.4 Å². The second-order valence-electron chi connectivity index (χ2n) is 7.38. The van der Waals surface area contributed by atoms with Crippen molar-refractivity contribution in [2.24, 2.45) is 0 Å². The third-order valence-electron chi connectivity index (χ3n) is 5.18. The molecule has 7 nitrogen and oxygen atoms in total. The summed E-state index contributed by atoms with van der Waals surface area (Å²) < 4.78 is 1.62. The van der Waals surface area contributed by atoms with Crippen LogP contribution in [0.3, 0.4) is 0 Å². The van der Waals surface area contributed by atoms with Gasteiger partial charge >= 0.3 is 0 Å². The maximum absolute atomic E-state index is 12.7. The van der Waals surface area contributed by atoms with Gasteiger partial charge in [0, 0.05) is 46.0 Å². The van der Waals surface area contributed by atoms with Crippen LogP contribution in [-0.2, 0) is 13.1 Å². The van der Waals surface area contributed by atoms with Crippen molar-refractivity contribution in [3.8, 4) is 0 Å². The van der Waals surface area contributed by atoms with E-state index in [0.29, 0.717) is 13.1 Å². The van der Waals surface area contributed by atoms with Gasteiger partial charge in [-0.2, -0.15) is 0 Å². The van der Waals surface area contributed by atoms with Gasteiger partial charge in [0.05, 0.1) is 6.54 Å². The number of pyridine rings is 1. The summed E-state index contributed by atoms with van der Waals surface area (Å²) in [6.45, 7) is 7.42. The fraction of sp³-hybridized carbons (Fsp3) is 0.455. The number of piperazine rings is 1. The van der Waals surface area contributed by atoms with Crippen molar-refractivity contribution in [1.29, 1.82) is 0 Å². The average Bonchev–Trinajstić information content (AvgIpc) is 2.76. The summed E-state index contributed by atoms with van der Waals surface area (Å²) in [5.41, 5.74) is 1.87. The minimum absolute atomic E-state index is 0.184. The van der Waals surface area contributed by atoms with Crippen LogP contribution >= 0.6 is 0 Å². The van der Waals surface area contributed by atoms with E-state index >= 15 is 0 Å². The number of rotatable bonds is 9. The van der Waals surface area contributed by atoms with Crippen molar-refractivity contribution >= 4 is 5.91 Å². The Morgan fingerprint density at radius 2 is 1.90 bits per heavy atom. The molecule has 3 rings (SSSR count). The molecule has 1 saturated heterocycles.